The molecule has 1 N–H and O–H groups in total. The Bertz CT molecular complexity index is 1690. The molecule has 226 valence electrons. The van der Waals surface area contributed by atoms with Gasteiger partial charge in [0.05, 0.1) is 18.7 Å². The van der Waals surface area contributed by atoms with E-state index in [2.05, 4.69) is 87.2 Å². The lowest BCUT2D eigenvalue weighted by Crippen LogP contribution is -2.81. The molecule has 44 heavy (non-hydrogen) atoms. The normalized spacial score (nSPS) is 49.8. The van der Waals surface area contributed by atoms with Gasteiger partial charge < -0.3 is 19.6 Å². The van der Waals surface area contributed by atoms with Gasteiger partial charge in [0, 0.05) is 59.2 Å². The van der Waals surface area contributed by atoms with Gasteiger partial charge >= 0.3 is 0 Å². The van der Waals surface area contributed by atoms with Gasteiger partial charge in [-0.2, -0.15) is 0 Å². The van der Waals surface area contributed by atoms with E-state index in [0.717, 1.165) is 19.6 Å². The van der Waals surface area contributed by atoms with Crippen LogP contribution in [0.3, 0.4) is 0 Å². The van der Waals surface area contributed by atoms with Crippen molar-refractivity contribution in [3.05, 3.63) is 83.0 Å². The van der Waals surface area contributed by atoms with Crippen LogP contribution in [0, 0.1) is 23.7 Å². The number of nitrogens with zero attached hydrogens (tertiary/aromatic N) is 4. The third-order valence-corrected chi connectivity index (χ3v) is 15.3. The van der Waals surface area contributed by atoms with Gasteiger partial charge in [0.15, 0.2) is 0 Å². The highest BCUT2D eigenvalue weighted by atomic mass is 16.5. The summed E-state index contributed by atoms with van der Waals surface area (Å²) < 4.78 is 7.75. The summed E-state index contributed by atoms with van der Waals surface area (Å²) in [5, 5.41) is 10.3. The first-order valence-electron chi connectivity index (χ1n) is 17.5. The molecule has 6 saturated heterocycles. The van der Waals surface area contributed by atoms with Crippen LogP contribution in [-0.4, -0.2) is 84.3 Å². The van der Waals surface area contributed by atoms with Crippen LogP contribution in [0.1, 0.15) is 43.7 Å². The Balaban J connectivity index is 1.15. The van der Waals surface area contributed by atoms with Crippen LogP contribution in [-0.2, 0) is 15.6 Å². The van der Waals surface area contributed by atoms with Crippen molar-refractivity contribution in [2.45, 2.75) is 80.1 Å². The van der Waals surface area contributed by atoms with E-state index in [9.17, 15) is 5.11 Å². The van der Waals surface area contributed by atoms with Crippen molar-refractivity contribution >= 4 is 11.4 Å². The van der Waals surface area contributed by atoms with Crippen LogP contribution >= 0.6 is 0 Å². The summed E-state index contributed by atoms with van der Waals surface area (Å²) in [5.74, 6) is 1.82. The molecule has 2 aliphatic carbocycles. The molecule has 8 heterocycles. The van der Waals surface area contributed by atoms with Gasteiger partial charge in [-0.25, -0.2) is 0 Å². The predicted molar refractivity (Wildman–Crippen MR) is 170 cm³/mol. The van der Waals surface area contributed by atoms with Crippen molar-refractivity contribution in [3.63, 3.8) is 0 Å². The Kier molecular flexibility index (Phi) is 4.37. The van der Waals surface area contributed by atoms with Crippen LogP contribution in [0.4, 0.5) is 11.4 Å². The molecular formula is C38H42N4O2. The van der Waals surface area contributed by atoms with Crippen molar-refractivity contribution in [1.29, 1.82) is 0 Å². The maximum absolute atomic E-state index is 10.3. The fourth-order valence-corrected chi connectivity index (χ4v) is 14.2. The number of benzene rings is 2. The molecule has 2 saturated carbocycles. The lowest BCUT2D eigenvalue weighted by atomic mass is 9.51. The summed E-state index contributed by atoms with van der Waals surface area (Å²) in [7, 11) is 0. The number of aliphatic hydroxyl groups is 1. The second kappa shape index (κ2) is 7.83. The molecule has 0 amide bonds. The molecule has 2 spiro atoms. The molecule has 12 rings (SSSR count). The summed E-state index contributed by atoms with van der Waals surface area (Å²) in [6, 6.07) is 21.2. The van der Waals surface area contributed by atoms with E-state index >= 15 is 0 Å². The van der Waals surface area contributed by atoms with Crippen LogP contribution < -0.4 is 9.80 Å². The van der Waals surface area contributed by atoms with E-state index in [1.54, 1.807) is 16.7 Å². The van der Waals surface area contributed by atoms with Crippen LogP contribution in [0.15, 0.2) is 71.8 Å². The summed E-state index contributed by atoms with van der Waals surface area (Å²) in [6.07, 6.45) is 9.77. The van der Waals surface area contributed by atoms with Crippen molar-refractivity contribution in [1.82, 2.24) is 9.80 Å². The lowest BCUT2D eigenvalue weighted by molar-refractivity contribution is -0.198. The van der Waals surface area contributed by atoms with Crippen LogP contribution in [0.2, 0.25) is 0 Å². The first-order chi connectivity index (χ1) is 21.7. The summed E-state index contributed by atoms with van der Waals surface area (Å²) in [5.41, 5.74) is 9.63. The summed E-state index contributed by atoms with van der Waals surface area (Å²) in [6.45, 7) is 6.94. The largest absolute Gasteiger partial charge is 0.392 e. The molecule has 6 nitrogen and oxygen atoms in total. The average molecular weight is 587 g/mol. The number of piperidine rings is 2. The molecule has 6 bridgehead atoms. The van der Waals surface area contributed by atoms with E-state index in [1.165, 1.54) is 49.2 Å². The molecule has 8 fully saturated rings. The Hall–Kier alpha value is -2.64. The number of ether oxygens (including phenoxy) is 1. The van der Waals surface area contributed by atoms with E-state index in [0.29, 0.717) is 47.8 Å². The molecule has 0 radical (unpaired) electrons. The monoisotopic (exact) mass is 586 g/mol. The van der Waals surface area contributed by atoms with Crippen molar-refractivity contribution in [2.75, 3.05) is 42.6 Å². The number of rotatable bonds is 1. The minimum Gasteiger partial charge on any atom is -0.392 e. The number of aliphatic hydroxyl groups excluding tert-OH is 1. The zero-order valence-electron chi connectivity index (χ0n) is 25.6. The zero-order chi connectivity index (χ0) is 28.7. The van der Waals surface area contributed by atoms with E-state index in [4.69, 9.17) is 4.74 Å². The third kappa shape index (κ3) is 2.37. The molecular weight excluding hydrogens is 544 g/mol. The highest BCUT2D eigenvalue weighted by Crippen LogP contribution is 2.72. The molecule has 10 aliphatic rings. The number of hydrogen-bond donors (Lipinski definition) is 1. The van der Waals surface area contributed by atoms with E-state index in [-0.39, 0.29) is 29.9 Å². The minimum atomic E-state index is 0.0661. The van der Waals surface area contributed by atoms with Gasteiger partial charge in [-0.1, -0.05) is 59.7 Å². The third-order valence-electron chi connectivity index (χ3n) is 15.3. The first-order valence-corrected chi connectivity index (χ1v) is 17.5. The summed E-state index contributed by atoms with van der Waals surface area (Å²) in [4.78, 5) is 11.5. The molecule has 12 atom stereocenters. The lowest BCUT2D eigenvalue weighted by Gasteiger charge is -2.69. The van der Waals surface area contributed by atoms with Gasteiger partial charge in [-0.05, 0) is 80.8 Å². The highest BCUT2D eigenvalue weighted by molar-refractivity contribution is 5.73. The van der Waals surface area contributed by atoms with Gasteiger partial charge in [-0.3, -0.25) is 9.80 Å². The van der Waals surface area contributed by atoms with Gasteiger partial charge in [0.25, 0.3) is 0 Å². The zero-order valence-corrected chi connectivity index (χ0v) is 25.6. The van der Waals surface area contributed by atoms with Crippen molar-refractivity contribution in [2.24, 2.45) is 23.7 Å². The first kappa shape index (κ1) is 24.6. The Morgan fingerprint density at radius 1 is 0.773 bits per heavy atom. The summed E-state index contributed by atoms with van der Waals surface area (Å²) >= 11 is 0. The standard InChI is InChI=1S/C38H42N4O2/c1-2-21-19-39-14-12-37-25-7-3-5-9-27(25)41-33(37)31(23(21)17-29(37)39)35-42-28-10-6-4-8-26(28)38-13-15-40-20-22(11-16-43)24(18-30(38)40)32(34(38)42)36(41)44-35/h2-11,23-24,29-36,43H,12-20H2,1H3/b21-2-,22-11-/t23-,24-,29-,30-,31-,32-,33-,34-,35+,36+,37+,38+/m0/s1. The van der Waals surface area contributed by atoms with E-state index < -0.39 is 0 Å². The number of hydrogen-bond acceptors (Lipinski definition) is 6. The molecule has 2 aromatic rings. The van der Waals surface area contributed by atoms with Gasteiger partial charge in [-0.15, -0.1) is 0 Å². The van der Waals surface area contributed by atoms with Crippen molar-refractivity contribution in [3.8, 4) is 0 Å². The smallest absolute Gasteiger partial charge is 0.138 e. The second-order valence-corrected chi connectivity index (χ2v) is 15.9. The molecule has 6 heteroatoms. The highest BCUT2D eigenvalue weighted by Gasteiger charge is 2.78. The SMILES string of the molecule is C/C=C1/CN2CC[C@]34c5ccccc5N5[C@@H]6O[C@H]([C@H]([C@H]53)[C@H]1C[C@H]24)N1c2ccccc2[C@]23CCN4C/C(=C/CO)[C@H](C[C@H]42)[C@H]6[C@H]13. The maximum Gasteiger partial charge on any atom is 0.138 e. The molecule has 0 aromatic heterocycles. The van der Waals surface area contributed by atoms with Gasteiger partial charge in [0.2, 0.25) is 0 Å². The number of para-hydroxylation sites is 2. The Morgan fingerprint density at radius 2 is 1.30 bits per heavy atom. The quantitative estimate of drug-likeness (QED) is 0.505. The van der Waals surface area contributed by atoms with Crippen LogP contribution in [0.5, 0.6) is 0 Å². The second-order valence-electron chi connectivity index (χ2n) is 15.9. The molecule has 8 aliphatic heterocycles. The minimum absolute atomic E-state index is 0.0661. The number of anilines is 2. The number of allylic oxidation sites excluding steroid dienone is 1. The topological polar surface area (TPSA) is 42.4 Å². The Labute approximate surface area is 259 Å². The number of fused-ring (bicyclic) bond motifs is 14. The van der Waals surface area contributed by atoms with Crippen molar-refractivity contribution < 1.29 is 9.84 Å². The molecule has 2 aromatic carbocycles. The van der Waals surface area contributed by atoms with Gasteiger partial charge in [0.1, 0.15) is 12.5 Å². The average Bonchev–Trinajstić information content (AvgIpc) is 3.81. The fourth-order valence-electron chi connectivity index (χ4n) is 14.2. The molecule has 0 unspecified atom stereocenters. The Morgan fingerprint density at radius 3 is 1.84 bits per heavy atom. The predicted octanol–water partition coefficient (Wildman–Crippen LogP) is 4.25. The fraction of sp³-hybridized carbons (Fsp3) is 0.579. The van der Waals surface area contributed by atoms with Crippen LogP contribution in [0.25, 0.3) is 0 Å². The maximum atomic E-state index is 10.3. The van der Waals surface area contributed by atoms with E-state index in [1.807, 2.05) is 0 Å².